The van der Waals surface area contributed by atoms with Gasteiger partial charge in [0.2, 0.25) is 0 Å². The third-order valence-corrected chi connectivity index (χ3v) is 1.91. The van der Waals surface area contributed by atoms with Gasteiger partial charge in [0.1, 0.15) is 0 Å². The number of amides is 1. The molecule has 94 valence electrons. The van der Waals surface area contributed by atoms with Gasteiger partial charge in [0.15, 0.2) is 18.2 Å². The Morgan fingerprint density at radius 3 is 2.71 bits per heavy atom. The number of nitrogens with one attached hydrogen (secondary N) is 1. The highest BCUT2D eigenvalue weighted by Crippen LogP contribution is 2.14. The number of rotatable bonds is 5. The summed E-state index contributed by atoms with van der Waals surface area (Å²) < 4.78 is 18.1. The van der Waals surface area contributed by atoms with Crippen molar-refractivity contribution in [2.24, 2.45) is 0 Å². The SMILES string of the molecule is CC(C)(O)CNC(=O)COc1ccccc1F. The van der Waals surface area contributed by atoms with Crippen molar-refractivity contribution in [2.75, 3.05) is 13.2 Å². The van der Waals surface area contributed by atoms with Gasteiger partial charge in [-0.1, -0.05) is 12.1 Å². The van der Waals surface area contributed by atoms with E-state index >= 15 is 0 Å². The predicted molar refractivity (Wildman–Crippen MR) is 61.2 cm³/mol. The molecule has 0 aliphatic rings. The molecular formula is C12H16FNO3. The average Bonchev–Trinajstić information content (AvgIpc) is 2.24. The summed E-state index contributed by atoms with van der Waals surface area (Å²) in [7, 11) is 0. The van der Waals surface area contributed by atoms with E-state index in [1.54, 1.807) is 19.9 Å². The van der Waals surface area contributed by atoms with Crippen LogP contribution in [0, 0.1) is 5.82 Å². The van der Waals surface area contributed by atoms with Crippen LogP contribution in [0.1, 0.15) is 13.8 Å². The number of hydrogen-bond donors (Lipinski definition) is 2. The summed E-state index contributed by atoms with van der Waals surface area (Å²) in [5, 5.41) is 11.9. The fourth-order valence-corrected chi connectivity index (χ4v) is 1.07. The lowest BCUT2D eigenvalue weighted by atomic mass is 10.1. The number of benzene rings is 1. The molecule has 0 aromatic heterocycles. The maximum Gasteiger partial charge on any atom is 0.258 e. The van der Waals surface area contributed by atoms with Crippen molar-refractivity contribution in [3.05, 3.63) is 30.1 Å². The normalized spacial score (nSPS) is 11.1. The molecule has 0 heterocycles. The van der Waals surface area contributed by atoms with Crippen LogP contribution in [0.25, 0.3) is 0 Å². The van der Waals surface area contributed by atoms with E-state index in [0.717, 1.165) is 0 Å². The first-order valence-corrected chi connectivity index (χ1v) is 5.25. The first-order valence-electron chi connectivity index (χ1n) is 5.25. The molecule has 0 aliphatic carbocycles. The molecule has 1 rings (SSSR count). The monoisotopic (exact) mass is 241 g/mol. The Morgan fingerprint density at radius 2 is 2.12 bits per heavy atom. The molecular weight excluding hydrogens is 225 g/mol. The van der Waals surface area contributed by atoms with Crippen molar-refractivity contribution in [1.29, 1.82) is 0 Å². The van der Waals surface area contributed by atoms with Gasteiger partial charge in [0.25, 0.3) is 5.91 Å². The first kappa shape index (κ1) is 13.4. The average molecular weight is 241 g/mol. The third-order valence-electron chi connectivity index (χ3n) is 1.91. The van der Waals surface area contributed by atoms with E-state index in [-0.39, 0.29) is 18.9 Å². The Labute approximate surface area is 99.4 Å². The first-order chi connectivity index (χ1) is 7.88. The van der Waals surface area contributed by atoms with Crippen LogP contribution in [-0.4, -0.2) is 29.8 Å². The number of halogens is 1. The summed E-state index contributed by atoms with van der Waals surface area (Å²) in [6.45, 7) is 2.99. The molecule has 5 heteroatoms. The molecule has 0 unspecified atom stereocenters. The molecule has 0 bridgehead atoms. The van der Waals surface area contributed by atoms with Crippen LogP contribution in [0.4, 0.5) is 4.39 Å². The van der Waals surface area contributed by atoms with Crippen molar-refractivity contribution in [1.82, 2.24) is 5.32 Å². The van der Waals surface area contributed by atoms with Gasteiger partial charge in [0.05, 0.1) is 5.60 Å². The van der Waals surface area contributed by atoms with Gasteiger partial charge < -0.3 is 15.2 Å². The highest BCUT2D eigenvalue weighted by Gasteiger charge is 2.14. The zero-order chi connectivity index (χ0) is 12.9. The van der Waals surface area contributed by atoms with E-state index in [4.69, 9.17) is 4.74 Å². The van der Waals surface area contributed by atoms with Crippen molar-refractivity contribution >= 4 is 5.91 Å². The molecule has 17 heavy (non-hydrogen) atoms. The second kappa shape index (κ2) is 5.63. The minimum Gasteiger partial charge on any atom is -0.481 e. The maximum absolute atomic E-state index is 13.1. The number of aliphatic hydroxyl groups is 1. The van der Waals surface area contributed by atoms with Gasteiger partial charge in [-0.05, 0) is 26.0 Å². The minimum atomic E-state index is -0.979. The fraction of sp³-hybridized carbons (Fsp3) is 0.417. The van der Waals surface area contributed by atoms with Crippen LogP contribution < -0.4 is 10.1 Å². The molecule has 0 fully saturated rings. The van der Waals surface area contributed by atoms with Gasteiger partial charge in [-0.25, -0.2) is 4.39 Å². The molecule has 1 aromatic rings. The molecule has 0 aliphatic heterocycles. The fourth-order valence-electron chi connectivity index (χ4n) is 1.07. The maximum atomic E-state index is 13.1. The summed E-state index contributed by atoms with van der Waals surface area (Å²) >= 11 is 0. The lowest BCUT2D eigenvalue weighted by Gasteiger charge is -2.17. The van der Waals surface area contributed by atoms with Gasteiger partial charge in [-0.15, -0.1) is 0 Å². The van der Waals surface area contributed by atoms with E-state index in [1.807, 2.05) is 0 Å². The number of hydrogen-bond acceptors (Lipinski definition) is 3. The van der Waals surface area contributed by atoms with Crippen LogP contribution in [-0.2, 0) is 4.79 Å². The van der Waals surface area contributed by atoms with E-state index in [9.17, 15) is 14.3 Å². The number of carbonyl (C=O) groups is 1. The van der Waals surface area contributed by atoms with E-state index < -0.39 is 17.3 Å². The third kappa shape index (κ3) is 5.31. The zero-order valence-electron chi connectivity index (χ0n) is 9.87. The summed E-state index contributed by atoms with van der Waals surface area (Å²) in [5.74, 6) is -0.885. The van der Waals surface area contributed by atoms with Crippen LogP contribution in [0.2, 0.25) is 0 Å². The standard InChI is InChI=1S/C12H16FNO3/c1-12(2,16)8-14-11(15)7-17-10-6-4-3-5-9(10)13/h3-6,16H,7-8H2,1-2H3,(H,14,15). The van der Waals surface area contributed by atoms with Gasteiger partial charge in [-0.2, -0.15) is 0 Å². The molecule has 0 atom stereocenters. The van der Waals surface area contributed by atoms with Gasteiger partial charge in [0, 0.05) is 6.54 Å². The molecule has 0 saturated heterocycles. The molecule has 2 N–H and O–H groups in total. The molecule has 1 aromatic carbocycles. The summed E-state index contributed by atoms with van der Waals surface area (Å²) in [4.78, 5) is 11.3. The summed E-state index contributed by atoms with van der Waals surface area (Å²) in [6.07, 6.45) is 0. The lowest BCUT2D eigenvalue weighted by molar-refractivity contribution is -0.124. The molecule has 4 nitrogen and oxygen atoms in total. The molecule has 0 spiro atoms. The molecule has 1 amide bonds. The Morgan fingerprint density at radius 1 is 1.47 bits per heavy atom. The van der Waals surface area contributed by atoms with Crippen molar-refractivity contribution in [3.63, 3.8) is 0 Å². The smallest absolute Gasteiger partial charge is 0.258 e. The molecule has 0 saturated carbocycles. The van der Waals surface area contributed by atoms with Gasteiger partial charge in [-0.3, -0.25) is 4.79 Å². The van der Waals surface area contributed by atoms with Gasteiger partial charge >= 0.3 is 0 Å². The molecule has 0 radical (unpaired) electrons. The van der Waals surface area contributed by atoms with Crippen LogP contribution >= 0.6 is 0 Å². The lowest BCUT2D eigenvalue weighted by Crippen LogP contribution is -2.40. The number of ether oxygens (including phenoxy) is 1. The van der Waals surface area contributed by atoms with Crippen LogP contribution in [0.3, 0.4) is 0 Å². The minimum absolute atomic E-state index is 0.0332. The van der Waals surface area contributed by atoms with E-state index in [2.05, 4.69) is 5.32 Å². The largest absolute Gasteiger partial charge is 0.481 e. The van der Waals surface area contributed by atoms with Crippen molar-refractivity contribution < 1.29 is 19.0 Å². The topological polar surface area (TPSA) is 58.6 Å². The number of para-hydroxylation sites is 1. The van der Waals surface area contributed by atoms with Crippen molar-refractivity contribution in [2.45, 2.75) is 19.4 Å². The predicted octanol–water partition coefficient (Wildman–Crippen LogP) is 1.09. The highest BCUT2D eigenvalue weighted by atomic mass is 19.1. The second-order valence-corrected chi connectivity index (χ2v) is 4.31. The van der Waals surface area contributed by atoms with E-state index in [0.29, 0.717) is 0 Å². The Balaban J connectivity index is 2.36. The zero-order valence-corrected chi connectivity index (χ0v) is 9.87. The van der Waals surface area contributed by atoms with Crippen molar-refractivity contribution in [3.8, 4) is 5.75 Å². The van der Waals surface area contributed by atoms with Crippen LogP contribution in [0.5, 0.6) is 5.75 Å². The Kier molecular flexibility index (Phi) is 4.45. The number of carbonyl (C=O) groups excluding carboxylic acids is 1. The summed E-state index contributed by atoms with van der Waals surface area (Å²) in [5.41, 5.74) is -0.979. The van der Waals surface area contributed by atoms with E-state index in [1.165, 1.54) is 18.2 Å². The quantitative estimate of drug-likeness (QED) is 0.811. The highest BCUT2D eigenvalue weighted by molar-refractivity contribution is 5.77. The Bertz CT molecular complexity index is 388. The Hall–Kier alpha value is -1.62. The summed E-state index contributed by atoms with van der Waals surface area (Å²) in [6, 6.07) is 5.85. The second-order valence-electron chi connectivity index (χ2n) is 4.31. The van der Waals surface area contributed by atoms with Crippen LogP contribution in [0.15, 0.2) is 24.3 Å².